The van der Waals surface area contributed by atoms with Crippen LogP contribution in [0.3, 0.4) is 0 Å². The minimum atomic E-state index is -1.50. The van der Waals surface area contributed by atoms with Crippen LogP contribution in [-0.4, -0.2) is 53.0 Å². The third kappa shape index (κ3) is 4.49. The van der Waals surface area contributed by atoms with Gasteiger partial charge in [-0.15, -0.1) is 11.3 Å². The van der Waals surface area contributed by atoms with Gasteiger partial charge in [-0.2, -0.15) is 0 Å². The third-order valence-electron chi connectivity index (χ3n) is 3.34. The van der Waals surface area contributed by atoms with E-state index in [1.807, 2.05) is 5.32 Å². The molecular formula is C16H16N2O7S. The third-order valence-corrected chi connectivity index (χ3v) is 4.51. The highest BCUT2D eigenvalue weighted by molar-refractivity contribution is 7.18. The summed E-state index contributed by atoms with van der Waals surface area (Å²) in [5.74, 6) is -2.00. The van der Waals surface area contributed by atoms with Crippen molar-refractivity contribution >= 4 is 35.0 Å². The van der Waals surface area contributed by atoms with E-state index >= 15 is 0 Å². The van der Waals surface area contributed by atoms with Gasteiger partial charge in [-0.25, -0.2) is 14.4 Å². The van der Waals surface area contributed by atoms with Crippen LogP contribution in [0.2, 0.25) is 0 Å². The molecule has 2 rings (SSSR count). The van der Waals surface area contributed by atoms with Crippen LogP contribution in [0.4, 0.5) is 10.5 Å². The fourth-order valence-electron chi connectivity index (χ4n) is 2.04. The van der Waals surface area contributed by atoms with E-state index in [4.69, 9.17) is 14.9 Å². The first-order valence-corrected chi connectivity index (χ1v) is 8.10. The lowest BCUT2D eigenvalue weighted by Gasteiger charge is -2.12. The predicted octanol–water partition coefficient (Wildman–Crippen LogP) is 1.69. The first-order chi connectivity index (χ1) is 12.3. The molecule has 138 valence electrons. The summed E-state index contributed by atoms with van der Waals surface area (Å²) in [4.78, 5) is 34.6. The molecule has 2 aromatic rings. The van der Waals surface area contributed by atoms with Crippen molar-refractivity contribution in [1.82, 2.24) is 5.32 Å². The number of carboxylic acid groups (broad SMARTS) is 2. The van der Waals surface area contributed by atoms with Gasteiger partial charge in [-0.05, 0) is 35.9 Å². The number of nitrogens with one attached hydrogen (secondary N) is 2. The number of hydrogen-bond donors (Lipinski definition) is 5. The fourth-order valence-corrected chi connectivity index (χ4v) is 3.00. The number of urea groups is 1. The average molecular weight is 380 g/mol. The summed E-state index contributed by atoms with van der Waals surface area (Å²) in [6.45, 7) is -0.796. The second-order valence-electron chi connectivity index (χ2n) is 5.06. The van der Waals surface area contributed by atoms with Crippen LogP contribution in [0, 0.1) is 0 Å². The monoisotopic (exact) mass is 380 g/mol. The predicted molar refractivity (Wildman–Crippen MR) is 93.9 cm³/mol. The van der Waals surface area contributed by atoms with E-state index in [-0.39, 0.29) is 10.6 Å². The number of carbonyl (C=O) groups is 3. The van der Waals surface area contributed by atoms with Crippen molar-refractivity contribution in [3.63, 3.8) is 0 Å². The highest BCUT2D eigenvalue weighted by Gasteiger charge is 2.22. The molecule has 10 heteroatoms. The molecule has 0 saturated carbocycles. The molecule has 2 amide bonds. The lowest BCUT2D eigenvalue weighted by Crippen LogP contribution is -2.45. The highest BCUT2D eigenvalue weighted by Crippen LogP contribution is 2.35. The quantitative estimate of drug-likeness (QED) is 0.491. The van der Waals surface area contributed by atoms with Crippen LogP contribution in [-0.2, 0) is 4.79 Å². The van der Waals surface area contributed by atoms with Gasteiger partial charge in [0.2, 0.25) is 0 Å². The van der Waals surface area contributed by atoms with Gasteiger partial charge in [0.05, 0.1) is 19.4 Å². The van der Waals surface area contributed by atoms with Crippen LogP contribution in [0.1, 0.15) is 9.67 Å². The largest absolute Gasteiger partial charge is 0.497 e. The van der Waals surface area contributed by atoms with E-state index in [1.165, 1.54) is 13.2 Å². The van der Waals surface area contributed by atoms with Crippen molar-refractivity contribution in [3.8, 4) is 16.2 Å². The second kappa shape index (κ2) is 8.32. The first-order valence-electron chi connectivity index (χ1n) is 7.28. The van der Waals surface area contributed by atoms with Crippen molar-refractivity contribution in [2.45, 2.75) is 6.04 Å². The summed E-state index contributed by atoms with van der Waals surface area (Å²) >= 11 is 0.959. The molecule has 1 heterocycles. The molecule has 26 heavy (non-hydrogen) atoms. The number of thiophene rings is 1. The summed E-state index contributed by atoms with van der Waals surface area (Å²) in [5, 5.41) is 31.4. The van der Waals surface area contributed by atoms with E-state index in [1.54, 1.807) is 24.3 Å². The Morgan fingerprint density at radius 2 is 1.85 bits per heavy atom. The molecule has 0 aliphatic carbocycles. The SMILES string of the molecule is COc1ccc(-c2cc(NC(=O)N[C@@H](CO)C(=O)O)c(C(=O)O)s2)cc1. The van der Waals surface area contributed by atoms with Crippen LogP contribution in [0.25, 0.3) is 10.4 Å². The van der Waals surface area contributed by atoms with E-state index in [2.05, 4.69) is 5.32 Å². The zero-order chi connectivity index (χ0) is 19.3. The molecule has 0 fully saturated rings. The van der Waals surface area contributed by atoms with Crippen LogP contribution < -0.4 is 15.4 Å². The van der Waals surface area contributed by atoms with Crippen molar-refractivity contribution in [1.29, 1.82) is 0 Å². The maximum Gasteiger partial charge on any atom is 0.348 e. The first kappa shape index (κ1) is 19.2. The minimum Gasteiger partial charge on any atom is -0.497 e. The van der Waals surface area contributed by atoms with Gasteiger partial charge >= 0.3 is 18.0 Å². The van der Waals surface area contributed by atoms with E-state index < -0.39 is 30.6 Å². The van der Waals surface area contributed by atoms with Crippen LogP contribution in [0.5, 0.6) is 5.75 Å². The zero-order valence-corrected chi connectivity index (χ0v) is 14.4. The van der Waals surface area contributed by atoms with Gasteiger partial charge in [0.1, 0.15) is 10.6 Å². The molecule has 1 atom stereocenters. The minimum absolute atomic E-state index is 0.0212. The number of rotatable bonds is 7. The Morgan fingerprint density at radius 1 is 1.19 bits per heavy atom. The van der Waals surface area contributed by atoms with Gasteiger partial charge in [0.15, 0.2) is 6.04 Å². The standard InChI is InChI=1S/C16H16N2O7S/c1-25-9-4-2-8(3-5-9)12-6-10(13(26-12)15(22)23)17-16(24)18-11(7-19)14(20)21/h2-6,11,19H,7H2,1H3,(H,20,21)(H,22,23)(H2,17,18,24)/t11-/m0/s1. The van der Waals surface area contributed by atoms with Gasteiger partial charge in [-0.1, -0.05) is 0 Å². The van der Waals surface area contributed by atoms with Crippen LogP contribution >= 0.6 is 11.3 Å². The maximum atomic E-state index is 11.9. The zero-order valence-electron chi connectivity index (χ0n) is 13.6. The summed E-state index contributed by atoms with van der Waals surface area (Å²) < 4.78 is 5.07. The molecule has 9 nitrogen and oxygen atoms in total. The molecule has 5 N–H and O–H groups in total. The molecule has 1 aromatic heterocycles. The van der Waals surface area contributed by atoms with Gasteiger partial charge in [0.25, 0.3) is 0 Å². The number of aliphatic hydroxyl groups is 1. The van der Waals surface area contributed by atoms with Crippen LogP contribution in [0.15, 0.2) is 30.3 Å². The van der Waals surface area contributed by atoms with E-state index in [0.29, 0.717) is 10.6 Å². The number of hydrogen-bond acceptors (Lipinski definition) is 6. The fraction of sp³-hybridized carbons (Fsp3) is 0.188. The topological polar surface area (TPSA) is 145 Å². The Morgan fingerprint density at radius 3 is 2.35 bits per heavy atom. The number of carboxylic acids is 2. The van der Waals surface area contributed by atoms with Crippen molar-refractivity contribution in [2.24, 2.45) is 0 Å². The Kier molecular flexibility index (Phi) is 6.15. The Bertz CT molecular complexity index is 817. The molecule has 0 saturated heterocycles. The molecule has 0 radical (unpaired) electrons. The smallest absolute Gasteiger partial charge is 0.348 e. The number of carbonyl (C=O) groups excluding carboxylic acids is 1. The maximum absolute atomic E-state index is 11.9. The Balaban J connectivity index is 2.24. The number of aliphatic hydroxyl groups excluding tert-OH is 1. The summed E-state index contributed by atoms with van der Waals surface area (Å²) in [6, 6.07) is 5.96. The van der Waals surface area contributed by atoms with E-state index in [0.717, 1.165) is 16.9 Å². The average Bonchev–Trinajstić information content (AvgIpc) is 3.03. The van der Waals surface area contributed by atoms with Gasteiger partial charge in [-0.3, -0.25) is 0 Å². The van der Waals surface area contributed by atoms with Gasteiger partial charge in [0, 0.05) is 4.88 Å². The highest BCUT2D eigenvalue weighted by atomic mass is 32.1. The molecule has 0 unspecified atom stereocenters. The van der Waals surface area contributed by atoms with E-state index in [9.17, 15) is 19.5 Å². The molecule has 0 spiro atoms. The summed E-state index contributed by atoms with van der Waals surface area (Å²) in [5.41, 5.74) is 0.749. The molecule has 0 aliphatic rings. The number of aliphatic carboxylic acids is 1. The number of aromatic carboxylic acids is 1. The van der Waals surface area contributed by atoms with Crippen molar-refractivity contribution in [3.05, 3.63) is 35.2 Å². The number of benzene rings is 1. The van der Waals surface area contributed by atoms with Gasteiger partial charge < -0.3 is 30.7 Å². The van der Waals surface area contributed by atoms with Crippen molar-refractivity contribution < 1.29 is 34.4 Å². The lowest BCUT2D eigenvalue weighted by molar-refractivity contribution is -0.140. The number of ether oxygens (including phenoxy) is 1. The molecule has 0 bridgehead atoms. The molecule has 0 aliphatic heterocycles. The molecule has 1 aromatic carbocycles. The second-order valence-corrected chi connectivity index (χ2v) is 6.11. The Hall–Kier alpha value is -3.11. The number of anilines is 1. The molecular weight excluding hydrogens is 364 g/mol. The lowest BCUT2D eigenvalue weighted by atomic mass is 10.2. The Labute approximate surface area is 151 Å². The summed E-state index contributed by atoms with van der Waals surface area (Å²) in [7, 11) is 1.53. The number of amides is 2. The van der Waals surface area contributed by atoms with Crippen molar-refractivity contribution in [2.75, 3.05) is 19.0 Å². The number of methoxy groups -OCH3 is 1. The summed E-state index contributed by atoms with van der Waals surface area (Å²) in [6.07, 6.45) is 0. The normalized spacial score (nSPS) is 11.5.